The SMILES string of the molecule is Cc1cccc(-c2cc(NCCCc3ccc(Cl)nn3)nc(N)n2)c1C. The highest BCUT2D eigenvalue weighted by atomic mass is 35.5. The maximum atomic E-state index is 5.90. The molecule has 134 valence electrons. The van der Waals surface area contributed by atoms with Crippen molar-refractivity contribution in [2.75, 3.05) is 17.6 Å². The Kier molecular flexibility index (Phi) is 5.63. The maximum absolute atomic E-state index is 5.90. The summed E-state index contributed by atoms with van der Waals surface area (Å²) in [4.78, 5) is 8.66. The third-order valence-electron chi connectivity index (χ3n) is 4.23. The van der Waals surface area contributed by atoms with Crippen LogP contribution in [0.25, 0.3) is 11.3 Å². The Balaban J connectivity index is 1.66. The van der Waals surface area contributed by atoms with Gasteiger partial charge in [0.25, 0.3) is 0 Å². The van der Waals surface area contributed by atoms with Crippen LogP contribution in [0.4, 0.5) is 11.8 Å². The largest absolute Gasteiger partial charge is 0.370 e. The molecule has 0 fully saturated rings. The van der Waals surface area contributed by atoms with Crippen LogP contribution in [-0.2, 0) is 6.42 Å². The molecule has 0 aliphatic heterocycles. The zero-order valence-corrected chi connectivity index (χ0v) is 15.6. The normalized spacial score (nSPS) is 10.7. The van der Waals surface area contributed by atoms with Crippen LogP contribution in [0.5, 0.6) is 0 Å². The first kappa shape index (κ1) is 18.1. The van der Waals surface area contributed by atoms with Crippen molar-refractivity contribution in [3.8, 4) is 11.3 Å². The summed E-state index contributed by atoms with van der Waals surface area (Å²) < 4.78 is 0. The molecule has 0 spiro atoms. The van der Waals surface area contributed by atoms with E-state index in [0.29, 0.717) is 5.15 Å². The standard InChI is InChI=1S/C19H21ClN6/c1-12-5-3-7-15(13(12)2)16-11-18(24-19(21)23-16)22-10-4-6-14-8-9-17(20)26-25-14/h3,5,7-9,11H,4,6,10H2,1-2H3,(H3,21,22,23,24). The molecule has 3 N–H and O–H groups in total. The van der Waals surface area contributed by atoms with Gasteiger partial charge in [-0.1, -0.05) is 29.8 Å². The molecule has 0 radical (unpaired) electrons. The third-order valence-corrected chi connectivity index (χ3v) is 4.43. The molecule has 2 aromatic heterocycles. The van der Waals surface area contributed by atoms with Crippen molar-refractivity contribution >= 4 is 23.4 Å². The monoisotopic (exact) mass is 368 g/mol. The van der Waals surface area contributed by atoms with Gasteiger partial charge in [-0.3, -0.25) is 0 Å². The van der Waals surface area contributed by atoms with Crippen molar-refractivity contribution < 1.29 is 0 Å². The lowest BCUT2D eigenvalue weighted by Crippen LogP contribution is -2.08. The summed E-state index contributed by atoms with van der Waals surface area (Å²) in [5.41, 5.74) is 11.1. The Hall–Kier alpha value is -2.73. The van der Waals surface area contributed by atoms with Crippen molar-refractivity contribution in [3.05, 3.63) is 58.4 Å². The van der Waals surface area contributed by atoms with Crippen LogP contribution in [0, 0.1) is 13.8 Å². The zero-order chi connectivity index (χ0) is 18.5. The molecule has 0 aliphatic carbocycles. The molecule has 1 aromatic carbocycles. The third kappa shape index (κ3) is 4.46. The van der Waals surface area contributed by atoms with Gasteiger partial charge in [0, 0.05) is 18.2 Å². The van der Waals surface area contributed by atoms with Crippen LogP contribution in [0.2, 0.25) is 5.15 Å². The molecule has 3 aromatic rings. The fraction of sp³-hybridized carbons (Fsp3) is 0.263. The topological polar surface area (TPSA) is 89.6 Å². The Morgan fingerprint density at radius 3 is 2.69 bits per heavy atom. The Morgan fingerprint density at radius 1 is 1.08 bits per heavy atom. The number of nitrogens with one attached hydrogen (secondary N) is 1. The highest BCUT2D eigenvalue weighted by Crippen LogP contribution is 2.26. The molecule has 26 heavy (non-hydrogen) atoms. The van der Waals surface area contributed by atoms with Gasteiger partial charge in [0.15, 0.2) is 5.15 Å². The van der Waals surface area contributed by atoms with Crippen LogP contribution in [0.15, 0.2) is 36.4 Å². The van der Waals surface area contributed by atoms with Crippen LogP contribution >= 0.6 is 11.6 Å². The number of hydrogen-bond acceptors (Lipinski definition) is 6. The van der Waals surface area contributed by atoms with Gasteiger partial charge in [0.1, 0.15) is 5.82 Å². The van der Waals surface area contributed by atoms with E-state index in [1.807, 2.05) is 24.3 Å². The van der Waals surface area contributed by atoms with E-state index in [0.717, 1.165) is 42.2 Å². The minimum atomic E-state index is 0.259. The van der Waals surface area contributed by atoms with E-state index < -0.39 is 0 Å². The Bertz CT molecular complexity index is 895. The predicted octanol–water partition coefficient (Wildman–Crippen LogP) is 3.83. The van der Waals surface area contributed by atoms with Crippen LogP contribution < -0.4 is 11.1 Å². The van der Waals surface area contributed by atoms with Crippen LogP contribution in [-0.4, -0.2) is 26.7 Å². The molecule has 0 aliphatic rings. The van der Waals surface area contributed by atoms with Crippen molar-refractivity contribution in [2.45, 2.75) is 26.7 Å². The maximum Gasteiger partial charge on any atom is 0.222 e. The quantitative estimate of drug-likeness (QED) is 0.642. The lowest BCUT2D eigenvalue weighted by atomic mass is 10.0. The van der Waals surface area contributed by atoms with Crippen LogP contribution in [0.1, 0.15) is 23.2 Å². The van der Waals surface area contributed by atoms with E-state index in [9.17, 15) is 0 Å². The number of nitrogens with zero attached hydrogens (tertiary/aromatic N) is 4. The lowest BCUT2D eigenvalue weighted by molar-refractivity contribution is 0.805. The lowest BCUT2D eigenvalue weighted by Gasteiger charge is -2.11. The molecular formula is C19H21ClN6. The fourth-order valence-electron chi connectivity index (χ4n) is 2.69. The number of anilines is 2. The van der Waals surface area contributed by atoms with Gasteiger partial charge in [0.05, 0.1) is 11.4 Å². The highest BCUT2D eigenvalue weighted by Gasteiger charge is 2.08. The summed E-state index contributed by atoms with van der Waals surface area (Å²) >= 11 is 5.74. The molecule has 0 amide bonds. The average Bonchev–Trinajstić information content (AvgIpc) is 2.62. The Labute approximate surface area is 157 Å². The number of nitrogen functional groups attached to an aromatic ring is 1. The van der Waals surface area contributed by atoms with Gasteiger partial charge in [0.2, 0.25) is 5.95 Å². The van der Waals surface area contributed by atoms with E-state index in [1.165, 1.54) is 11.1 Å². The number of benzene rings is 1. The number of aromatic nitrogens is 4. The fourth-order valence-corrected chi connectivity index (χ4v) is 2.79. The summed E-state index contributed by atoms with van der Waals surface area (Å²) in [7, 11) is 0. The summed E-state index contributed by atoms with van der Waals surface area (Å²) in [6, 6.07) is 11.7. The number of aryl methyl sites for hydroxylation is 2. The van der Waals surface area contributed by atoms with Gasteiger partial charge in [-0.2, -0.15) is 10.1 Å². The van der Waals surface area contributed by atoms with Crippen LogP contribution in [0.3, 0.4) is 0 Å². The first-order valence-electron chi connectivity index (χ1n) is 8.46. The molecule has 0 bridgehead atoms. The smallest absolute Gasteiger partial charge is 0.222 e. The van der Waals surface area contributed by atoms with E-state index in [4.69, 9.17) is 17.3 Å². The number of halogens is 1. The van der Waals surface area contributed by atoms with Crippen molar-refractivity contribution in [1.82, 2.24) is 20.2 Å². The number of hydrogen-bond donors (Lipinski definition) is 2. The summed E-state index contributed by atoms with van der Waals surface area (Å²) in [6.07, 6.45) is 1.70. The molecule has 0 atom stereocenters. The molecular weight excluding hydrogens is 348 g/mol. The molecule has 7 heteroatoms. The van der Waals surface area contributed by atoms with E-state index in [1.54, 1.807) is 6.07 Å². The van der Waals surface area contributed by atoms with Crippen molar-refractivity contribution in [3.63, 3.8) is 0 Å². The molecule has 0 saturated carbocycles. The van der Waals surface area contributed by atoms with Crippen molar-refractivity contribution in [2.24, 2.45) is 0 Å². The van der Waals surface area contributed by atoms with E-state index in [2.05, 4.69) is 45.4 Å². The van der Waals surface area contributed by atoms with Gasteiger partial charge in [-0.25, -0.2) is 4.98 Å². The van der Waals surface area contributed by atoms with E-state index in [-0.39, 0.29) is 5.95 Å². The zero-order valence-electron chi connectivity index (χ0n) is 14.8. The summed E-state index contributed by atoms with van der Waals surface area (Å²) in [5, 5.41) is 11.6. The predicted molar refractivity (Wildman–Crippen MR) is 105 cm³/mol. The second-order valence-corrected chi connectivity index (χ2v) is 6.51. The van der Waals surface area contributed by atoms with E-state index >= 15 is 0 Å². The van der Waals surface area contributed by atoms with Gasteiger partial charge < -0.3 is 11.1 Å². The summed E-state index contributed by atoms with van der Waals surface area (Å²) in [6.45, 7) is 4.92. The second kappa shape index (κ2) is 8.10. The number of rotatable bonds is 6. The minimum absolute atomic E-state index is 0.259. The molecule has 0 saturated heterocycles. The van der Waals surface area contributed by atoms with Gasteiger partial charge in [-0.05, 0) is 49.9 Å². The average molecular weight is 369 g/mol. The number of nitrogens with two attached hydrogens (primary N) is 1. The molecule has 2 heterocycles. The molecule has 0 unspecified atom stereocenters. The minimum Gasteiger partial charge on any atom is -0.370 e. The summed E-state index contributed by atoms with van der Waals surface area (Å²) in [5.74, 6) is 0.977. The Morgan fingerprint density at radius 2 is 1.92 bits per heavy atom. The van der Waals surface area contributed by atoms with Gasteiger partial charge >= 0.3 is 0 Å². The second-order valence-electron chi connectivity index (χ2n) is 6.12. The highest BCUT2D eigenvalue weighted by molar-refractivity contribution is 6.29. The first-order valence-corrected chi connectivity index (χ1v) is 8.84. The molecule has 6 nitrogen and oxygen atoms in total. The van der Waals surface area contributed by atoms with Gasteiger partial charge in [-0.15, -0.1) is 5.10 Å². The first-order chi connectivity index (χ1) is 12.5. The van der Waals surface area contributed by atoms with Crippen molar-refractivity contribution in [1.29, 1.82) is 0 Å². The molecule has 3 rings (SSSR count).